The van der Waals surface area contributed by atoms with Crippen LogP contribution in [-0.2, 0) is 4.79 Å². The fraction of sp³-hybridized carbons (Fsp3) is 0.154. The minimum Gasteiger partial charge on any atom is -0.494 e. The van der Waals surface area contributed by atoms with Crippen molar-refractivity contribution in [3.8, 4) is 17.5 Å². The first-order valence-corrected chi connectivity index (χ1v) is 11.6. The van der Waals surface area contributed by atoms with Crippen LogP contribution in [0.3, 0.4) is 0 Å². The highest BCUT2D eigenvalue weighted by Gasteiger charge is 2.21. The summed E-state index contributed by atoms with van der Waals surface area (Å²) in [6.07, 6.45) is 0. The largest absolute Gasteiger partial charge is 0.494 e. The van der Waals surface area contributed by atoms with Gasteiger partial charge in [-0.3, -0.25) is 14.2 Å². The lowest BCUT2D eigenvalue weighted by atomic mass is 10.2. The third-order valence-electron chi connectivity index (χ3n) is 5.11. The number of carbonyl (C=O) groups is 1. The molecule has 170 valence electrons. The van der Waals surface area contributed by atoms with Crippen molar-refractivity contribution in [2.24, 2.45) is 0 Å². The quantitative estimate of drug-likeness (QED) is 0.309. The molecule has 4 aromatic rings. The van der Waals surface area contributed by atoms with Gasteiger partial charge in [-0.2, -0.15) is 5.26 Å². The second-order valence-corrected chi connectivity index (χ2v) is 8.69. The van der Waals surface area contributed by atoms with Crippen molar-refractivity contribution in [2.75, 3.05) is 11.9 Å². The molecular weight excluding hydrogens is 448 g/mol. The van der Waals surface area contributed by atoms with E-state index in [-0.39, 0.29) is 11.5 Å². The van der Waals surface area contributed by atoms with E-state index in [0.29, 0.717) is 45.4 Å². The van der Waals surface area contributed by atoms with Gasteiger partial charge in [-0.15, -0.1) is 0 Å². The Morgan fingerprint density at radius 3 is 2.56 bits per heavy atom. The highest BCUT2D eigenvalue weighted by Crippen LogP contribution is 2.27. The van der Waals surface area contributed by atoms with E-state index < -0.39 is 5.25 Å². The van der Waals surface area contributed by atoms with E-state index in [4.69, 9.17) is 9.72 Å². The molecule has 4 rings (SSSR count). The standard InChI is InChI=1S/C26H22N4O3S/c1-3-33-20-14-12-19(13-15-20)30-25(32)21-9-5-7-11-23(21)29-26(30)34-17(2)24(31)28-22-10-6-4-8-18(22)16-27/h4-15,17H,3H2,1-2H3,(H,28,31)/t17-/m1/s1. The maximum atomic E-state index is 13.4. The average molecular weight is 471 g/mol. The summed E-state index contributed by atoms with van der Waals surface area (Å²) >= 11 is 1.17. The Balaban J connectivity index is 1.71. The number of nitrogens with zero attached hydrogens (tertiary/aromatic N) is 3. The number of nitriles is 1. The second kappa shape index (κ2) is 10.2. The molecule has 34 heavy (non-hydrogen) atoms. The van der Waals surface area contributed by atoms with Crippen LogP contribution >= 0.6 is 11.8 Å². The summed E-state index contributed by atoms with van der Waals surface area (Å²) in [6.45, 7) is 4.18. The van der Waals surface area contributed by atoms with Crippen LogP contribution in [0.1, 0.15) is 19.4 Å². The first kappa shape index (κ1) is 23.1. The van der Waals surface area contributed by atoms with Crippen LogP contribution in [0.25, 0.3) is 16.6 Å². The Labute approximate surface area is 201 Å². The number of fused-ring (bicyclic) bond motifs is 1. The van der Waals surface area contributed by atoms with Crippen molar-refractivity contribution in [2.45, 2.75) is 24.3 Å². The zero-order valence-corrected chi connectivity index (χ0v) is 19.5. The third-order valence-corrected chi connectivity index (χ3v) is 6.16. The predicted octanol–water partition coefficient (Wildman–Crippen LogP) is 4.78. The van der Waals surface area contributed by atoms with E-state index in [0.717, 1.165) is 0 Å². The lowest BCUT2D eigenvalue weighted by Crippen LogP contribution is -2.26. The molecule has 1 aromatic heterocycles. The molecule has 1 heterocycles. The zero-order valence-electron chi connectivity index (χ0n) is 18.7. The Morgan fingerprint density at radius 2 is 1.82 bits per heavy atom. The Kier molecular flexibility index (Phi) is 6.95. The highest BCUT2D eigenvalue weighted by molar-refractivity contribution is 8.00. The van der Waals surface area contributed by atoms with E-state index in [9.17, 15) is 14.9 Å². The SMILES string of the molecule is CCOc1ccc(-n2c(S[C@H](C)C(=O)Nc3ccccc3C#N)nc3ccccc3c2=O)cc1. The molecule has 3 aromatic carbocycles. The number of hydrogen-bond donors (Lipinski definition) is 1. The number of thioether (sulfide) groups is 1. The summed E-state index contributed by atoms with van der Waals surface area (Å²) in [5.74, 6) is 0.402. The zero-order chi connectivity index (χ0) is 24.1. The van der Waals surface area contributed by atoms with Crippen molar-refractivity contribution in [3.63, 3.8) is 0 Å². The maximum absolute atomic E-state index is 13.4. The Morgan fingerprint density at radius 1 is 1.12 bits per heavy atom. The molecule has 1 N–H and O–H groups in total. The molecule has 8 heteroatoms. The van der Waals surface area contributed by atoms with Gasteiger partial charge in [0.1, 0.15) is 11.8 Å². The fourth-order valence-electron chi connectivity index (χ4n) is 3.41. The van der Waals surface area contributed by atoms with Gasteiger partial charge in [0.25, 0.3) is 5.56 Å². The van der Waals surface area contributed by atoms with Crippen molar-refractivity contribution in [3.05, 3.63) is 88.7 Å². The summed E-state index contributed by atoms with van der Waals surface area (Å²) in [5, 5.41) is 12.4. The number of hydrogen-bond acceptors (Lipinski definition) is 6. The Hall–Kier alpha value is -4.09. The molecule has 0 spiro atoms. The molecule has 0 saturated heterocycles. The van der Waals surface area contributed by atoms with Crippen molar-refractivity contribution in [1.29, 1.82) is 5.26 Å². The van der Waals surface area contributed by atoms with E-state index in [1.165, 1.54) is 16.3 Å². The lowest BCUT2D eigenvalue weighted by Gasteiger charge is -2.17. The van der Waals surface area contributed by atoms with E-state index in [2.05, 4.69) is 11.4 Å². The average Bonchev–Trinajstić information content (AvgIpc) is 2.85. The lowest BCUT2D eigenvalue weighted by molar-refractivity contribution is -0.115. The number of amides is 1. The molecule has 0 aliphatic rings. The topological polar surface area (TPSA) is 97.0 Å². The Bertz CT molecular complexity index is 1440. The van der Waals surface area contributed by atoms with Crippen LogP contribution in [0.5, 0.6) is 5.75 Å². The smallest absolute Gasteiger partial charge is 0.266 e. The first-order valence-electron chi connectivity index (χ1n) is 10.7. The first-order chi connectivity index (χ1) is 16.5. The molecule has 0 saturated carbocycles. The van der Waals surface area contributed by atoms with E-state index >= 15 is 0 Å². The van der Waals surface area contributed by atoms with Crippen LogP contribution in [0, 0.1) is 11.3 Å². The molecule has 0 radical (unpaired) electrons. The molecular formula is C26H22N4O3S. The fourth-order valence-corrected chi connectivity index (χ4v) is 4.34. The van der Waals surface area contributed by atoms with Gasteiger partial charge in [0.15, 0.2) is 5.16 Å². The van der Waals surface area contributed by atoms with Gasteiger partial charge >= 0.3 is 0 Å². The van der Waals surface area contributed by atoms with Gasteiger partial charge in [0.2, 0.25) is 5.91 Å². The van der Waals surface area contributed by atoms with Gasteiger partial charge in [-0.1, -0.05) is 36.0 Å². The highest BCUT2D eigenvalue weighted by atomic mass is 32.2. The number of ether oxygens (including phenoxy) is 1. The number of nitrogens with one attached hydrogen (secondary N) is 1. The van der Waals surface area contributed by atoms with Crippen LogP contribution in [0.4, 0.5) is 5.69 Å². The third kappa shape index (κ3) is 4.80. The minimum absolute atomic E-state index is 0.223. The van der Waals surface area contributed by atoms with Gasteiger partial charge in [-0.25, -0.2) is 4.98 Å². The predicted molar refractivity (Wildman–Crippen MR) is 134 cm³/mol. The van der Waals surface area contributed by atoms with Crippen LogP contribution in [0.2, 0.25) is 0 Å². The molecule has 0 unspecified atom stereocenters. The molecule has 0 aliphatic heterocycles. The number of aromatic nitrogens is 2. The van der Waals surface area contributed by atoms with Crippen molar-refractivity contribution >= 4 is 34.3 Å². The number of rotatable bonds is 7. The van der Waals surface area contributed by atoms with Gasteiger partial charge in [0.05, 0.1) is 39.7 Å². The normalized spacial score (nSPS) is 11.6. The van der Waals surface area contributed by atoms with Gasteiger partial charge in [-0.05, 0) is 62.4 Å². The van der Waals surface area contributed by atoms with Crippen molar-refractivity contribution < 1.29 is 9.53 Å². The van der Waals surface area contributed by atoms with Gasteiger partial charge in [0, 0.05) is 0 Å². The van der Waals surface area contributed by atoms with Crippen LogP contribution < -0.4 is 15.6 Å². The van der Waals surface area contributed by atoms with Gasteiger partial charge < -0.3 is 10.1 Å². The maximum Gasteiger partial charge on any atom is 0.266 e. The van der Waals surface area contributed by atoms with Crippen LogP contribution in [0.15, 0.2) is 82.7 Å². The molecule has 0 fully saturated rings. The molecule has 1 amide bonds. The number of anilines is 1. The summed E-state index contributed by atoms with van der Waals surface area (Å²) in [7, 11) is 0. The summed E-state index contributed by atoms with van der Waals surface area (Å²) in [4.78, 5) is 31.0. The monoisotopic (exact) mass is 470 g/mol. The molecule has 0 bridgehead atoms. The van der Waals surface area contributed by atoms with E-state index in [1.54, 1.807) is 73.7 Å². The molecule has 1 atom stereocenters. The molecule has 0 aliphatic carbocycles. The number of para-hydroxylation sites is 2. The molecule has 7 nitrogen and oxygen atoms in total. The summed E-state index contributed by atoms with van der Waals surface area (Å²) in [5.41, 5.74) is 1.77. The number of benzene rings is 3. The van der Waals surface area contributed by atoms with Crippen LogP contribution in [-0.4, -0.2) is 27.3 Å². The van der Waals surface area contributed by atoms with Crippen molar-refractivity contribution in [1.82, 2.24) is 9.55 Å². The number of carbonyl (C=O) groups excluding carboxylic acids is 1. The summed E-state index contributed by atoms with van der Waals surface area (Å²) < 4.78 is 7.02. The van der Waals surface area contributed by atoms with E-state index in [1.807, 2.05) is 13.0 Å². The minimum atomic E-state index is -0.589. The summed E-state index contributed by atoms with van der Waals surface area (Å²) in [6, 6.07) is 23.2. The second-order valence-electron chi connectivity index (χ2n) is 7.39.